The van der Waals surface area contributed by atoms with Gasteiger partial charge in [-0.25, -0.2) is 0 Å². The van der Waals surface area contributed by atoms with Gasteiger partial charge in [0, 0.05) is 13.2 Å². The molecular weight excluding hydrogens is 186 g/mol. The van der Waals surface area contributed by atoms with E-state index in [-0.39, 0.29) is 0 Å². The zero-order valence-electron chi connectivity index (χ0n) is 9.83. The Morgan fingerprint density at radius 1 is 1.00 bits per heavy atom. The van der Waals surface area contributed by atoms with Crippen LogP contribution in [0, 0.1) is 11.8 Å². The Balaban J connectivity index is 1.79. The second kappa shape index (κ2) is 5.86. The fourth-order valence-electron chi connectivity index (χ4n) is 3.26. The van der Waals surface area contributed by atoms with Crippen molar-refractivity contribution in [2.75, 3.05) is 26.2 Å². The van der Waals surface area contributed by atoms with Crippen LogP contribution in [0.1, 0.15) is 44.9 Å². The maximum absolute atomic E-state index is 9.51. The molecule has 1 aliphatic carbocycles. The fraction of sp³-hybridized carbons (Fsp3) is 1.00. The van der Waals surface area contributed by atoms with Gasteiger partial charge in [0.25, 0.3) is 0 Å². The Kier molecular flexibility index (Phi) is 4.45. The van der Waals surface area contributed by atoms with Crippen molar-refractivity contribution in [3.8, 4) is 0 Å². The molecule has 1 saturated heterocycles. The van der Waals surface area contributed by atoms with Gasteiger partial charge < -0.3 is 10.0 Å². The van der Waals surface area contributed by atoms with Crippen LogP contribution in [0.3, 0.4) is 0 Å². The molecule has 2 aliphatic rings. The van der Waals surface area contributed by atoms with Gasteiger partial charge in [0.15, 0.2) is 0 Å². The van der Waals surface area contributed by atoms with E-state index in [9.17, 15) is 5.11 Å². The molecule has 0 aromatic heterocycles. The average Bonchev–Trinajstić information content (AvgIpc) is 2.80. The molecule has 1 heterocycles. The normalized spacial score (nSPS) is 27.0. The van der Waals surface area contributed by atoms with Crippen LogP contribution >= 0.6 is 0 Å². The van der Waals surface area contributed by atoms with Crippen molar-refractivity contribution in [3.63, 3.8) is 0 Å². The van der Waals surface area contributed by atoms with Gasteiger partial charge in [-0.3, -0.25) is 0 Å². The van der Waals surface area contributed by atoms with Gasteiger partial charge in [0.2, 0.25) is 0 Å². The molecule has 2 fully saturated rings. The minimum absolute atomic E-state index is 0.404. The number of likely N-dealkylation sites (tertiary alicyclic amines) is 1. The van der Waals surface area contributed by atoms with E-state index in [0.717, 1.165) is 12.5 Å². The molecule has 2 rings (SSSR count). The fourth-order valence-corrected chi connectivity index (χ4v) is 3.26. The summed E-state index contributed by atoms with van der Waals surface area (Å²) < 4.78 is 0. The minimum atomic E-state index is 0.404. The topological polar surface area (TPSA) is 23.5 Å². The first-order chi connectivity index (χ1) is 7.40. The van der Waals surface area contributed by atoms with E-state index < -0.39 is 0 Å². The highest BCUT2D eigenvalue weighted by Crippen LogP contribution is 2.30. The predicted octanol–water partition coefficient (Wildman–Crippen LogP) is 2.27. The standard InChI is InChI=1S/C13H25NO/c15-11-13(10-14-8-4-5-9-14)12-6-2-1-3-7-12/h12-13,15H,1-11H2. The molecule has 0 aromatic rings. The van der Waals surface area contributed by atoms with Crippen LogP contribution in [-0.2, 0) is 0 Å². The molecular formula is C13H25NO. The van der Waals surface area contributed by atoms with Crippen molar-refractivity contribution in [2.24, 2.45) is 11.8 Å². The first-order valence-corrected chi connectivity index (χ1v) is 6.73. The van der Waals surface area contributed by atoms with Crippen LogP contribution in [0.4, 0.5) is 0 Å². The summed E-state index contributed by atoms with van der Waals surface area (Å²) in [4.78, 5) is 2.55. The minimum Gasteiger partial charge on any atom is -0.396 e. The maximum Gasteiger partial charge on any atom is 0.0474 e. The van der Waals surface area contributed by atoms with E-state index in [1.54, 1.807) is 0 Å². The Morgan fingerprint density at radius 3 is 2.27 bits per heavy atom. The van der Waals surface area contributed by atoms with Crippen LogP contribution in [0.15, 0.2) is 0 Å². The van der Waals surface area contributed by atoms with Gasteiger partial charge in [0.1, 0.15) is 0 Å². The molecule has 1 aliphatic heterocycles. The first kappa shape index (κ1) is 11.4. The maximum atomic E-state index is 9.51. The average molecular weight is 211 g/mol. The summed E-state index contributed by atoms with van der Waals surface area (Å²) in [6, 6.07) is 0. The van der Waals surface area contributed by atoms with E-state index >= 15 is 0 Å². The van der Waals surface area contributed by atoms with Crippen LogP contribution in [-0.4, -0.2) is 36.2 Å². The molecule has 0 aromatic carbocycles. The number of aliphatic hydroxyl groups excluding tert-OH is 1. The smallest absolute Gasteiger partial charge is 0.0474 e. The van der Waals surface area contributed by atoms with Gasteiger partial charge in [-0.15, -0.1) is 0 Å². The molecule has 0 radical (unpaired) electrons. The van der Waals surface area contributed by atoms with Crippen LogP contribution in [0.25, 0.3) is 0 Å². The van der Waals surface area contributed by atoms with Crippen molar-refractivity contribution >= 4 is 0 Å². The van der Waals surface area contributed by atoms with Gasteiger partial charge in [0.05, 0.1) is 0 Å². The largest absolute Gasteiger partial charge is 0.396 e. The Morgan fingerprint density at radius 2 is 1.67 bits per heavy atom. The SMILES string of the molecule is OCC(CN1CCCC1)C1CCCCC1. The van der Waals surface area contributed by atoms with Crippen LogP contribution in [0.2, 0.25) is 0 Å². The highest BCUT2D eigenvalue weighted by Gasteiger charge is 2.25. The second-order valence-electron chi connectivity index (χ2n) is 5.35. The molecule has 0 amide bonds. The number of nitrogens with zero attached hydrogens (tertiary/aromatic N) is 1. The van der Waals surface area contributed by atoms with Gasteiger partial charge >= 0.3 is 0 Å². The molecule has 1 saturated carbocycles. The summed E-state index contributed by atoms with van der Waals surface area (Å²) >= 11 is 0. The third kappa shape index (κ3) is 3.18. The van der Waals surface area contributed by atoms with Crippen molar-refractivity contribution in [1.29, 1.82) is 0 Å². The van der Waals surface area contributed by atoms with E-state index in [1.807, 2.05) is 0 Å². The van der Waals surface area contributed by atoms with Gasteiger partial charge in [-0.1, -0.05) is 32.1 Å². The van der Waals surface area contributed by atoms with Crippen molar-refractivity contribution in [2.45, 2.75) is 44.9 Å². The van der Waals surface area contributed by atoms with Crippen molar-refractivity contribution < 1.29 is 5.11 Å². The molecule has 1 unspecified atom stereocenters. The summed E-state index contributed by atoms with van der Waals surface area (Å²) in [5.41, 5.74) is 0. The summed E-state index contributed by atoms with van der Waals surface area (Å²) in [5.74, 6) is 1.37. The lowest BCUT2D eigenvalue weighted by molar-refractivity contribution is 0.112. The first-order valence-electron chi connectivity index (χ1n) is 6.73. The zero-order chi connectivity index (χ0) is 10.5. The molecule has 0 spiro atoms. The van der Waals surface area contributed by atoms with E-state index in [1.165, 1.54) is 58.0 Å². The van der Waals surface area contributed by atoms with E-state index in [2.05, 4.69) is 4.90 Å². The summed E-state index contributed by atoms with van der Waals surface area (Å²) in [6.45, 7) is 4.09. The monoisotopic (exact) mass is 211 g/mol. The lowest BCUT2D eigenvalue weighted by Gasteiger charge is -2.31. The summed E-state index contributed by atoms with van der Waals surface area (Å²) in [5, 5.41) is 9.51. The number of hydrogen-bond donors (Lipinski definition) is 1. The molecule has 15 heavy (non-hydrogen) atoms. The van der Waals surface area contributed by atoms with Crippen LogP contribution < -0.4 is 0 Å². The predicted molar refractivity (Wildman–Crippen MR) is 62.8 cm³/mol. The summed E-state index contributed by atoms with van der Waals surface area (Å²) in [6.07, 6.45) is 9.64. The highest BCUT2D eigenvalue weighted by atomic mass is 16.3. The van der Waals surface area contributed by atoms with Gasteiger partial charge in [-0.2, -0.15) is 0 Å². The molecule has 88 valence electrons. The zero-order valence-corrected chi connectivity index (χ0v) is 9.83. The molecule has 2 nitrogen and oxygen atoms in total. The second-order valence-corrected chi connectivity index (χ2v) is 5.35. The highest BCUT2D eigenvalue weighted by molar-refractivity contribution is 4.78. The molecule has 0 bridgehead atoms. The molecule has 2 heteroatoms. The third-order valence-corrected chi connectivity index (χ3v) is 4.24. The molecule has 1 atom stereocenters. The number of aliphatic hydroxyl groups is 1. The Labute approximate surface area is 93.7 Å². The van der Waals surface area contributed by atoms with Gasteiger partial charge in [-0.05, 0) is 37.8 Å². The number of rotatable bonds is 4. The third-order valence-electron chi connectivity index (χ3n) is 4.24. The Bertz CT molecular complexity index is 171. The van der Waals surface area contributed by atoms with Crippen LogP contribution in [0.5, 0.6) is 0 Å². The molecule has 1 N–H and O–H groups in total. The van der Waals surface area contributed by atoms with E-state index in [4.69, 9.17) is 0 Å². The number of hydrogen-bond acceptors (Lipinski definition) is 2. The summed E-state index contributed by atoms with van der Waals surface area (Å²) in [7, 11) is 0. The van der Waals surface area contributed by atoms with Crippen molar-refractivity contribution in [3.05, 3.63) is 0 Å². The Hall–Kier alpha value is -0.0800. The van der Waals surface area contributed by atoms with Crippen molar-refractivity contribution in [1.82, 2.24) is 4.90 Å². The lowest BCUT2D eigenvalue weighted by Crippen LogP contribution is -2.33. The quantitative estimate of drug-likeness (QED) is 0.771. The lowest BCUT2D eigenvalue weighted by atomic mass is 9.80. The van der Waals surface area contributed by atoms with E-state index in [0.29, 0.717) is 12.5 Å².